The Kier molecular flexibility index (Phi) is 4.73. The summed E-state index contributed by atoms with van der Waals surface area (Å²) >= 11 is 0. The van der Waals surface area contributed by atoms with Gasteiger partial charge >= 0.3 is 0 Å². The fourth-order valence-corrected chi connectivity index (χ4v) is 3.70. The second-order valence-electron chi connectivity index (χ2n) is 7.10. The zero-order valence-corrected chi connectivity index (χ0v) is 14.6. The Bertz CT molecular complexity index is 750. The number of carbonyl (C=O) groups excluding carboxylic acids is 2. The van der Waals surface area contributed by atoms with Gasteiger partial charge in [-0.15, -0.1) is 0 Å². The molecule has 2 amide bonds. The lowest BCUT2D eigenvalue weighted by Gasteiger charge is -2.31. The smallest absolute Gasteiger partial charge is 0.290 e. The Morgan fingerprint density at radius 1 is 1.15 bits per heavy atom. The molecule has 0 bridgehead atoms. The minimum atomic E-state index is -0.686. The van der Waals surface area contributed by atoms with Crippen LogP contribution in [0, 0.1) is 0 Å². The second kappa shape index (κ2) is 7.32. The third-order valence-electron chi connectivity index (χ3n) is 5.13. The largest absolute Gasteiger partial charge is 0.459 e. The lowest BCUT2D eigenvalue weighted by Crippen LogP contribution is -2.47. The molecule has 2 fully saturated rings. The van der Waals surface area contributed by atoms with Gasteiger partial charge in [-0.2, -0.15) is 0 Å². The van der Waals surface area contributed by atoms with Gasteiger partial charge in [0, 0.05) is 30.0 Å². The van der Waals surface area contributed by atoms with E-state index in [1.54, 1.807) is 35.5 Å². The molecule has 2 aromatic heterocycles. The second-order valence-corrected chi connectivity index (χ2v) is 7.10. The normalized spacial score (nSPS) is 18.5. The quantitative estimate of drug-likeness (QED) is 0.866. The molecule has 2 aliphatic carbocycles. The molecule has 26 heavy (non-hydrogen) atoms. The number of furan rings is 1. The lowest BCUT2D eigenvalue weighted by molar-refractivity contribution is -0.126. The molecule has 2 heterocycles. The molecule has 4 rings (SSSR count). The number of nitrogens with one attached hydrogen (secondary N) is 1. The average molecular weight is 353 g/mol. The highest BCUT2D eigenvalue weighted by molar-refractivity contribution is 5.96. The van der Waals surface area contributed by atoms with Crippen LogP contribution in [0.1, 0.15) is 60.7 Å². The molecule has 1 unspecified atom stereocenters. The summed E-state index contributed by atoms with van der Waals surface area (Å²) < 4.78 is 5.31. The highest BCUT2D eigenvalue weighted by Crippen LogP contribution is 2.36. The van der Waals surface area contributed by atoms with Gasteiger partial charge in [0.2, 0.25) is 5.91 Å². The van der Waals surface area contributed by atoms with Crippen molar-refractivity contribution in [1.29, 1.82) is 0 Å². The molecule has 6 heteroatoms. The first-order valence-electron chi connectivity index (χ1n) is 9.30. The summed E-state index contributed by atoms with van der Waals surface area (Å²) in [6, 6.07) is 6.57. The van der Waals surface area contributed by atoms with Gasteiger partial charge in [0.15, 0.2) is 5.76 Å². The summed E-state index contributed by atoms with van der Waals surface area (Å²) in [6.07, 6.45) is 10.9. The maximum absolute atomic E-state index is 13.2. The summed E-state index contributed by atoms with van der Waals surface area (Å²) in [6.45, 7) is 0. The first-order chi connectivity index (χ1) is 12.7. The predicted molar refractivity (Wildman–Crippen MR) is 95.3 cm³/mol. The number of pyridine rings is 1. The van der Waals surface area contributed by atoms with E-state index in [0.717, 1.165) is 44.1 Å². The van der Waals surface area contributed by atoms with Gasteiger partial charge in [0.1, 0.15) is 6.04 Å². The minimum Gasteiger partial charge on any atom is -0.459 e. The molecule has 136 valence electrons. The first kappa shape index (κ1) is 16.8. The molecule has 6 nitrogen and oxygen atoms in total. The van der Waals surface area contributed by atoms with Gasteiger partial charge < -0.3 is 14.6 Å². The molecule has 0 spiro atoms. The molecule has 2 aliphatic rings. The van der Waals surface area contributed by atoms with Crippen LogP contribution in [0.25, 0.3) is 0 Å². The monoisotopic (exact) mass is 353 g/mol. The molecule has 0 saturated heterocycles. The van der Waals surface area contributed by atoms with Crippen molar-refractivity contribution < 1.29 is 14.0 Å². The van der Waals surface area contributed by atoms with Gasteiger partial charge in [0.05, 0.1) is 6.26 Å². The molecular weight excluding hydrogens is 330 g/mol. The van der Waals surface area contributed by atoms with Gasteiger partial charge in [-0.1, -0.05) is 18.9 Å². The molecule has 2 saturated carbocycles. The van der Waals surface area contributed by atoms with E-state index in [9.17, 15) is 9.59 Å². The van der Waals surface area contributed by atoms with E-state index >= 15 is 0 Å². The zero-order valence-electron chi connectivity index (χ0n) is 14.6. The third-order valence-corrected chi connectivity index (χ3v) is 5.13. The van der Waals surface area contributed by atoms with Crippen molar-refractivity contribution in [3.8, 4) is 0 Å². The number of hydrogen-bond donors (Lipinski definition) is 1. The van der Waals surface area contributed by atoms with Crippen molar-refractivity contribution in [1.82, 2.24) is 15.2 Å². The lowest BCUT2D eigenvalue weighted by atomic mass is 10.0. The zero-order chi connectivity index (χ0) is 17.9. The Labute approximate surface area is 152 Å². The van der Waals surface area contributed by atoms with Crippen molar-refractivity contribution in [2.75, 3.05) is 0 Å². The van der Waals surface area contributed by atoms with Gasteiger partial charge in [-0.3, -0.25) is 14.6 Å². The van der Waals surface area contributed by atoms with Crippen LogP contribution in [0.15, 0.2) is 47.3 Å². The van der Waals surface area contributed by atoms with E-state index in [0.29, 0.717) is 0 Å². The van der Waals surface area contributed by atoms with E-state index < -0.39 is 6.04 Å². The number of rotatable bonds is 6. The molecule has 1 atom stereocenters. The van der Waals surface area contributed by atoms with Crippen LogP contribution in [0.5, 0.6) is 0 Å². The Morgan fingerprint density at radius 2 is 1.96 bits per heavy atom. The summed E-state index contributed by atoms with van der Waals surface area (Å²) in [5.41, 5.74) is 0.731. The van der Waals surface area contributed by atoms with E-state index in [-0.39, 0.29) is 29.7 Å². The maximum atomic E-state index is 13.2. The van der Waals surface area contributed by atoms with E-state index in [2.05, 4.69) is 10.3 Å². The van der Waals surface area contributed by atoms with Crippen LogP contribution < -0.4 is 5.32 Å². The fraction of sp³-hybridized carbons (Fsp3) is 0.450. The van der Waals surface area contributed by atoms with Crippen LogP contribution >= 0.6 is 0 Å². The highest BCUT2D eigenvalue weighted by Gasteiger charge is 2.43. The summed E-state index contributed by atoms with van der Waals surface area (Å²) in [5.74, 6) is -0.107. The van der Waals surface area contributed by atoms with Gasteiger partial charge in [-0.05, 0) is 43.9 Å². The standard InChI is InChI=1S/C20H23N3O3/c24-19(22-15-6-1-2-7-15)18(14-5-3-11-21-13-14)23(16-9-10-16)20(25)17-8-4-12-26-17/h3-5,8,11-13,15-16,18H,1-2,6-7,9-10H2,(H,22,24). The van der Waals surface area contributed by atoms with E-state index in [4.69, 9.17) is 4.42 Å². The third kappa shape index (κ3) is 3.49. The van der Waals surface area contributed by atoms with Crippen molar-refractivity contribution in [3.05, 3.63) is 54.2 Å². The van der Waals surface area contributed by atoms with Crippen LogP contribution in [0.4, 0.5) is 0 Å². The number of amides is 2. The van der Waals surface area contributed by atoms with Crippen molar-refractivity contribution in [3.63, 3.8) is 0 Å². The number of carbonyl (C=O) groups is 2. The Morgan fingerprint density at radius 3 is 2.58 bits per heavy atom. The molecule has 0 aromatic carbocycles. The summed E-state index contributed by atoms with van der Waals surface area (Å²) in [7, 11) is 0. The Hall–Kier alpha value is -2.63. The number of aromatic nitrogens is 1. The first-order valence-corrected chi connectivity index (χ1v) is 9.30. The van der Waals surface area contributed by atoms with E-state index in [1.165, 1.54) is 6.26 Å². The topological polar surface area (TPSA) is 75.4 Å². The van der Waals surface area contributed by atoms with E-state index in [1.807, 2.05) is 6.07 Å². The Balaban J connectivity index is 1.65. The predicted octanol–water partition coefficient (Wildman–Crippen LogP) is 3.08. The van der Waals surface area contributed by atoms with Gasteiger partial charge in [0.25, 0.3) is 5.91 Å². The van der Waals surface area contributed by atoms with Crippen molar-refractivity contribution in [2.45, 2.75) is 56.7 Å². The van der Waals surface area contributed by atoms with Crippen molar-refractivity contribution in [2.24, 2.45) is 0 Å². The summed E-state index contributed by atoms with van der Waals surface area (Å²) in [4.78, 5) is 32.1. The van der Waals surface area contributed by atoms with Gasteiger partial charge in [-0.25, -0.2) is 0 Å². The van der Waals surface area contributed by atoms with Crippen LogP contribution in [-0.4, -0.2) is 33.8 Å². The molecule has 0 radical (unpaired) electrons. The number of hydrogen-bond acceptors (Lipinski definition) is 4. The molecule has 2 aromatic rings. The molecule has 0 aliphatic heterocycles. The molecular formula is C20H23N3O3. The fourth-order valence-electron chi connectivity index (χ4n) is 3.70. The highest BCUT2D eigenvalue weighted by atomic mass is 16.3. The SMILES string of the molecule is O=C(NC1CCCC1)C(c1cccnc1)N(C(=O)c1ccco1)C1CC1. The van der Waals surface area contributed by atoms with Crippen LogP contribution in [-0.2, 0) is 4.79 Å². The van der Waals surface area contributed by atoms with Crippen molar-refractivity contribution >= 4 is 11.8 Å². The minimum absolute atomic E-state index is 0.0622. The number of nitrogens with zero attached hydrogens (tertiary/aromatic N) is 2. The molecule has 1 N–H and O–H groups in total. The van der Waals surface area contributed by atoms with Crippen LogP contribution in [0.2, 0.25) is 0 Å². The van der Waals surface area contributed by atoms with Crippen LogP contribution in [0.3, 0.4) is 0 Å². The average Bonchev–Trinajstić information content (AvgIpc) is 3.12. The summed E-state index contributed by atoms with van der Waals surface area (Å²) in [5, 5.41) is 3.15. The maximum Gasteiger partial charge on any atom is 0.290 e.